The molecule has 8 heteroatoms. The smallest absolute Gasteiger partial charge is 0.494 e. The van der Waals surface area contributed by atoms with Crippen molar-refractivity contribution in [1.29, 1.82) is 0 Å². The predicted octanol–water partition coefficient (Wildman–Crippen LogP) is 2.32. The van der Waals surface area contributed by atoms with Gasteiger partial charge in [-0.15, -0.1) is 0 Å². The van der Waals surface area contributed by atoms with Gasteiger partial charge in [-0.1, -0.05) is 40.2 Å². The van der Waals surface area contributed by atoms with Crippen LogP contribution in [-0.2, 0) is 18.9 Å². The number of rotatable bonds is 4. The molecule has 0 aliphatic carbocycles. The number of hydrogen-bond donors (Lipinski definition) is 0. The Kier molecular flexibility index (Phi) is 6.18. The molecule has 27 heavy (non-hydrogen) atoms. The van der Waals surface area contributed by atoms with Gasteiger partial charge >= 0.3 is 19.1 Å². The second-order valence-electron chi connectivity index (χ2n) is 6.37. The summed E-state index contributed by atoms with van der Waals surface area (Å²) in [5.41, 5.74) is 1.61. The summed E-state index contributed by atoms with van der Waals surface area (Å²) in [6, 6.07) is 14.9. The molecule has 2 aromatic carbocycles. The first kappa shape index (κ1) is 19.4. The SMILES string of the molecule is C[C@H](Oc1ccc(B2OC(=O)CN(C)CC(=O)O2)cc1)c1cccc(Br)c1. The van der Waals surface area contributed by atoms with Gasteiger partial charge in [-0.25, -0.2) is 0 Å². The van der Waals surface area contributed by atoms with Crippen molar-refractivity contribution in [2.45, 2.75) is 13.0 Å². The van der Waals surface area contributed by atoms with Gasteiger partial charge in [0.05, 0.1) is 13.1 Å². The minimum Gasteiger partial charge on any atom is -0.494 e. The lowest BCUT2D eigenvalue weighted by Crippen LogP contribution is -2.47. The third-order valence-corrected chi connectivity index (χ3v) is 4.55. The molecule has 0 amide bonds. The number of carbonyl (C=O) groups is 2. The van der Waals surface area contributed by atoms with E-state index in [-0.39, 0.29) is 19.2 Å². The minimum absolute atomic E-state index is 0.0386. The van der Waals surface area contributed by atoms with E-state index in [4.69, 9.17) is 14.0 Å². The van der Waals surface area contributed by atoms with E-state index < -0.39 is 19.1 Å². The van der Waals surface area contributed by atoms with Crippen LogP contribution in [0.2, 0.25) is 0 Å². The quantitative estimate of drug-likeness (QED) is 0.692. The lowest BCUT2D eigenvalue weighted by Gasteiger charge is -2.22. The molecule has 1 heterocycles. The second kappa shape index (κ2) is 8.58. The normalized spacial score (nSPS) is 16.8. The number of nitrogens with zero attached hydrogens (tertiary/aromatic N) is 1. The van der Waals surface area contributed by atoms with Crippen molar-refractivity contribution in [3.63, 3.8) is 0 Å². The number of ether oxygens (including phenoxy) is 1. The summed E-state index contributed by atoms with van der Waals surface area (Å²) < 4.78 is 17.4. The van der Waals surface area contributed by atoms with Crippen LogP contribution in [0.25, 0.3) is 0 Å². The summed E-state index contributed by atoms with van der Waals surface area (Å²) in [6.45, 7) is 2.04. The maximum Gasteiger partial charge on any atom is 0.636 e. The molecule has 1 atom stereocenters. The molecule has 1 fully saturated rings. The second-order valence-corrected chi connectivity index (χ2v) is 7.28. The average Bonchev–Trinajstić information content (AvgIpc) is 2.60. The zero-order chi connectivity index (χ0) is 19.4. The van der Waals surface area contributed by atoms with Crippen molar-refractivity contribution in [1.82, 2.24) is 4.90 Å². The first-order chi connectivity index (χ1) is 12.9. The average molecular weight is 432 g/mol. The van der Waals surface area contributed by atoms with Crippen LogP contribution in [-0.4, -0.2) is 44.1 Å². The molecule has 3 rings (SSSR count). The first-order valence-corrected chi connectivity index (χ1v) is 9.29. The van der Waals surface area contributed by atoms with Gasteiger partial charge in [0.2, 0.25) is 0 Å². The molecule has 0 saturated carbocycles. The fraction of sp³-hybridized carbons (Fsp3) is 0.263. The van der Waals surface area contributed by atoms with E-state index in [9.17, 15) is 9.59 Å². The summed E-state index contributed by atoms with van der Waals surface area (Å²) in [5, 5.41) is 0. The molecule has 0 spiro atoms. The van der Waals surface area contributed by atoms with E-state index in [0.717, 1.165) is 10.0 Å². The van der Waals surface area contributed by atoms with Gasteiger partial charge in [0.25, 0.3) is 0 Å². The Morgan fingerprint density at radius 2 is 1.70 bits per heavy atom. The van der Waals surface area contributed by atoms with Crippen LogP contribution >= 0.6 is 15.9 Å². The third-order valence-electron chi connectivity index (χ3n) is 4.06. The Balaban J connectivity index is 1.69. The molecule has 1 aliphatic heterocycles. The van der Waals surface area contributed by atoms with Crippen LogP contribution in [0.1, 0.15) is 18.6 Å². The van der Waals surface area contributed by atoms with Crippen LogP contribution in [0.15, 0.2) is 53.0 Å². The highest BCUT2D eigenvalue weighted by Gasteiger charge is 2.33. The standard InChI is InChI=1S/C19H19BBrNO5/c1-13(14-4-3-5-16(21)10-14)25-17-8-6-15(7-9-17)20-26-18(23)11-22(2)12-19(24)27-20/h3-10,13H,11-12H2,1-2H3/t13-/m0/s1. The first-order valence-electron chi connectivity index (χ1n) is 8.50. The summed E-state index contributed by atoms with van der Waals surface area (Å²) in [4.78, 5) is 25.2. The molecule has 0 aromatic heterocycles. The molecule has 1 aliphatic rings. The fourth-order valence-electron chi connectivity index (χ4n) is 2.71. The van der Waals surface area contributed by atoms with Gasteiger partial charge in [-0.3, -0.25) is 14.5 Å². The molecule has 1 saturated heterocycles. The molecule has 0 unspecified atom stereocenters. The van der Waals surface area contributed by atoms with Gasteiger partial charge in [-0.2, -0.15) is 0 Å². The van der Waals surface area contributed by atoms with Crippen LogP contribution in [0.3, 0.4) is 0 Å². The van der Waals surface area contributed by atoms with Crippen molar-refractivity contribution in [2.24, 2.45) is 0 Å². The summed E-state index contributed by atoms with van der Waals surface area (Å²) in [6.07, 6.45) is -0.138. The molecule has 140 valence electrons. The lowest BCUT2D eigenvalue weighted by molar-refractivity contribution is -0.145. The lowest BCUT2D eigenvalue weighted by atomic mass is 9.78. The van der Waals surface area contributed by atoms with Crippen LogP contribution in [0.5, 0.6) is 5.75 Å². The molecule has 0 N–H and O–H groups in total. The highest BCUT2D eigenvalue weighted by molar-refractivity contribution is 9.10. The van der Waals surface area contributed by atoms with Gasteiger partial charge in [-0.05, 0) is 43.8 Å². The van der Waals surface area contributed by atoms with Gasteiger partial charge < -0.3 is 14.0 Å². The van der Waals surface area contributed by atoms with Crippen molar-refractivity contribution < 1.29 is 23.6 Å². The van der Waals surface area contributed by atoms with Crippen molar-refractivity contribution >= 4 is 40.4 Å². The Morgan fingerprint density at radius 1 is 1.07 bits per heavy atom. The predicted molar refractivity (Wildman–Crippen MR) is 105 cm³/mol. The summed E-state index contributed by atoms with van der Waals surface area (Å²) >= 11 is 3.45. The zero-order valence-electron chi connectivity index (χ0n) is 15.1. The van der Waals surface area contributed by atoms with Crippen LogP contribution in [0, 0.1) is 0 Å². The highest BCUT2D eigenvalue weighted by atomic mass is 79.9. The number of likely N-dealkylation sites (N-methyl/N-ethyl adjacent to an activating group) is 1. The maximum atomic E-state index is 11.8. The summed E-state index contributed by atoms with van der Waals surface area (Å²) in [7, 11) is 0.608. The van der Waals surface area contributed by atoms with Gasteiger partial charge in [0, 0.05) is 9.94 Å². The molecule has 0 radical (unpaired) electrons. The van der Waals surface area contributed by atoms with Crippen molar-refractivity contribution in [2.75, 3.05) is 20.1 Å². The Hall–Kier alpha value is -2.32. The third kappa shape index (κ3) is 5.34. The largest absolute Gasteiger partial charge is 0.636 e. The number of hydrogen-bond acceptors (Lipinski definition) is 6. The molecule has 0 bridgehead atoms. The Morgan fingerprint density at radius 3 is 2.30 bits per heavy atom. The van der Waals surface area contributed by atoms with E-state index in [1.54, 1.807) is 36.2 Å². The molecule has 2 aromatic rings. The number of halogens is 1. The Labute approximate surface area is 166 Å². The van der Waals surface area contributed by atoms with E-state index in [1.165, 1.54) is 0 Å². The highest BCUT2D eigenvalue weighted by Crippen LogP contribution is 2.23. The minimum atomic E-state index is -1.05. The monoisotopic (exact) mass is 431 g/mol. The van der Waals surface area contributed by atoms with E-state index in [2.05, 4.69) is 15.9 Å². The van der Waals surface area contributed by atoms with Crippen molar-refractivity contribution in [3.8, 4) is 5.75 Å². The maximum absolute atomic E-state index is 11.8. The molecular weight excluding hydrogens is 413 g/mol. The zero-order valence-corrected chi connectivity index (χ0v) is 16.6. The number of benzene rings is 2. The Bertz CT molecular complexity index is 809. The van der Waals surface area contributed by atoms with Crippen molar-refractivity contribution in [3.05, 3.63) is 58.6 Å². The van der Waals surface area contributed by atoms with E-state index in [0.29, 0.717) is 11.2 Å². The molecular formula is C19H19BBrNO5. The summed E-state index contributed by atoms with van der Waals surface area (Å²) in [5.74, 6) is -0.230. The number of carbonyl (C=O) groups excluding carboxylic acids is 2. The molecule has 6 nitrogen and oxygen atoms in total. The van der Waals surface area contributed by atoms with Crippen LogP contribution in [0.4, 0.5) is 0 Å². The van der Waals surface area contributed by atoms with Gasteiger partial charge in [0.1, 0.15) is 11.9 Å². The van der Waals surface area contributed by atoms with E-state index >= 15 is 0 Å². The van der Waals surface area contributed by atoms with Gasteiger partial charge in [0.15, 0.2) is 0 Å². The fourth-order valence-corrected chi connectivity index (χ4v) is 3.12. The topological polar surface area (TPSA) is 65.1 Å². The van der Waals surface area contributed by atoms with Crippen LogP contribution < -0.4 is 10.2 Å². The van der Waals surface area contributed by atoms with E-state index in [1.807, 2.05) is 31.2 Å².